The van der Waals surface area contributed by atoms with E-state index in [-0.39, 0.29) is 18.1 Å². The van der Waals surface area contributed by atoms with Crippen molar-refractivity contribution < 1.29 is 18.8 Å². The second-order valence-electron chi connectivity index (χ2n) is 3.55. The summed E-state index contributed by atoms with van der Waals surface area (Å²) in [4.78, 5) is 11.4. The Morgan fingerprint density at radius 1 is 1.38 bits per heavy atom. The third-order valence-corrected chi connectivity index (χ3v) is 3.41. The van der Waals surface area contributed by atoms with Crippen LogP contribution in [-0.2, 0) is 18.8 Å². The lowest BCUT2D eigenvalue weighted by atomic mass is 10.4. The lowest BCUT2D eigenvalue weighted by Crippen LogP contribution is -2.33. The van der Waals surface area contributed by atoms with E-state index < -0.39 is 8.30 Å². The Labute approximate surface area is 98.7 Å². The van der Waals surface area contributed by atoms with E-state index in [1.165, 1.54) is 0 Å². The molecule has 0 aliphatic rings. The van der Waals surface area contributed by atoms with Gasteiger partial charge in [0.25, 0.3) is 0 Å². The molecule has 0 aromatic rings. The van der Waals surface area contributed by atoms with E-state index in [4.69, 9.17) is 14.0 Å². The summed E-state index contributed by atoms with van der Waals surface area (Å²) in [6, 6.07) is -0.375. The summed E-state index contributed by atoms with van der Waals surface area (Å²) in [5, 5.41) is 3.08. The maximum Gasteiger partial charge on any atom is 0.323 e. The van der Waals surface area contributed by atoms with Gasteiger partial charge in [-0.15, -0.1) is 0 Å². The van der Waals surface area contributed by atoms with E-state index >= 15 is 0 Å². The number of ether oxygens (including phenoxy) is 2. The van der Waals surface area contributed by atoms with Crippen molar-refractivity contribution in [3.05, 3.63) is 0 Å². The second-order valence-corrected chi connectivity index (χ2v) is 5.04. The molecule has 2 atom stereocenters. The molecule has 0 aromatic heterocycles. The minimum absolute atomic E-state index is 0.100. The minimum Gasteiger partial charge on any atom is -0.465 e. The van der Waals surface area contributed by atoms with Gasteiger partial charge >= 0.3 is 5.97 Å². The minimum atomic E-state index is -0.956. The lowest BCUT2D eigenvalue weighted by Gasteiger charge is -2.23. The molecule has 16 heavy (non-hydrogen) atoms. The summed E-state index contributed by atoms with van der Waals surface area (Å²) in [5.41, 5.74) is 0. The zero-order chi connectivity index (χ0) is 12.6. The highest BCUT2D eigenvalue weighted by Crippen LogP contribution is 2.34. The van der Waals surface area contributed by atoms with Gasteiger partial charge < -0.3 is 14.0 Å². The fourth-order valence-corrected chi connectivity index (χ4v) is 2.48. The molecule has 0 aliphatic carbocycles. The highest BCUT2D eigenvalue weighted by atomic mass is 31.2. The van der Waals surface area contributed by atoms with Gasteiger partial charge in [-0.05, 0) is 27.7 Å². The van der Waals surface area contributed by atoms with E-state index in [0.717, 1.165) is 0 Å². The lowest BCUT2D eigenvalue weighted by molar-refractivity contribution is -0.144. The Kier molecular flexibility index (Phi) is 8.76. The van der Waals surface area contributed by atoms with Crippen LogP contribution >= 0.6 is 8.30 Å². The van der Waals surface area contributed by atoms with Crippen LogP contribution in [0.4, 0.5) is 0 Å². The number of nitrogens with one attached hydrogen (secondary N) is 1. The standard InChI is InChI=1S/C10H22NO4P/c1-6-14-10(12)9(4)11-16(7-13-5)15-8(2)3/h8-9,11H,6-7H2,1-5H3. The van der Waals surface area contributed by atoms with Crippen LogP contribution in [-0.4, -0.2) is 38.2 Å². The summed E-state index contributed by atoms with van der Waals surface area (Å²) < 4.78 is 15.5. The summed E-state index contributed by atoms with van der Waals surface area (Å²) >= 11 is 0. The van der Waals surface area contributed by atoms with Crippen molar-refractivity contribution in [3.8, 4) is 0 Å². The molecule has 0 amide bonds. The van der Waals surface area contributed by atoms with Crippen molar-refractivity contribution in [2.24, 2.45) is 0 Å². The number of methoxy groups -OCH3 is 1. The molecule has 1 N–H and O–H groups in total. The smallest absolute Gasteiger partial charge is 0.323 e. The Bertz CT molecular complexity index is 201. The molecule has 0 saturated carbocycles. The fraction of sp³-hybridized carbons (Fsp3) is 0.900. The highest BCUT2D eigenvalue weighted by molar-refractivity contribution is 7.50. The van der Waals surface area contributed by atoms with Gasteiger partial charge in [-0.2, -0.15) is 0 Å². The first-order valence-corrected chi connectivity index (χ1v) is 6.81. The highest BCUT2D eigenvalue weighted by Gasteiger charge is 2.20. The van der Waals surface area contributed by atoms with Crippen molar-refractivity contribution in [2.75, 3.05) is 20.1 Å². The van der Waals surface area contributed by atoms with Gasteiger partial charge in [0.2, 0.25) is 0 Å². The van der Waals surface area contributed by atoms with Gasteiger partial charge in [0.05, 0.1) is 12.7 Å². The molecule has 0 aromatic carbocycles. The predicted octanol–water partition coefficient (Wildman–Crippen LogP) is 1.87. The Hall–Kier alpha value is -0.220. The molecular formula is C10H22NO4P. The molecule has 6 heteroatoms. The van der Waals surface area contributed by atoms with Crippen LogP contribution in [0.25, 0.3) is 0 Å². The van der Waals surface area contributed by atoms with Crippen LogP contribution in [0.3, 0.4) is 0 Å². The van der Waals surface area contributed by atoms with Crippen LogP contribution in [0, 0.1) is 0 Å². The van der Waals surface area contributed by atoms with Gasteiger partial charge in [0.15, 0.2) is 0 Å². The van der Waals surface area contributed by atoms with Crippen molar-refractivity contribution in [3.63, 3.8) is 0 Å². The molecule has 0 spiro atoms. The molecule has 0 radical (unpaired) electrons. The van der Waals surface area contributed by atoms with Crippen LogP contribution in [0.1, 0.15) is 27.7 Å². The predicted molar refractivity (Wildman–Crippen MR) is 64.2 cm³/mol. The summed E-state index contributed by atoms with van der Waals surface area (Å²) in [6.45, 7) is 7.82. The van der Waals surface area contributed by atoms with E-state index in [1.807, 2.05) is 13.8 Å². The van der Waals surface area contributed by atoms with Gasteiger partial charge in [0, 0.05) is 7.11 Å². The summed E-state index contributed by atoms with van der Waals surface area (Å²) in [6.07, 6.45) is 0.556. The molecule has 0 aliphatic heterocycles. The SMILES string of the molecule is CCOC(=O)C(C)NP(COC)OC(C)C. The average molecular weight is 251 g/mol. The van der Waals surface area contributed by atoms with Crippen LogP contribution < -0.4 is 5.09 Å². The number of hydrogen-bond donors (Lipinski definition) is 1. The first-order chi connectivity index (χ1) is 7.51. The molecule has 96 valence electrons. The monoisotopic (exact) mass is 251 g/mol. The Morgan fingerprint density at radius 3 is 2.44 bits per heavy atom. The number of rotatable bonds is 8. The Balaban J connectivity index is 4.10. The topological polar surface area (TPSA) is 56.8 Å². The molecule has 0 heterocycles. The second kappa shape index (κ2) is 8.88. The summed E-state index contributed by atoms with van der Waals surface area (Å²) in [5.74, 6) is -0.265. The quantitative estimate of drug-likeness (QED) is 0.527. The molecular weight excluding hydrogens is 229 g/mol. The van der Waals surface area contributed by atoms with E-state index in [2.05, 4.69) is 5.09 Å². The maximum atomic E-state index is 11.4. The van der Waals surface area contributed by atoms with E-state index in [0.29, 0.717) is 13.0 Å². The van der Waals surface area contributed by atoms with Gasteiger partial charge in [-0.25, -0.2) is 0 Å². The number of hydrogen-bond acceptors (Lipinski definition) is 5. The largest absolute Gasteiger partial charge is 0.465 e. The third kappa shape index (κ3) is 7.12. The average Bonchev–Trinajstić information content (AvgIpc) is 2.17. The molecule has 0 bridgehead atoms. The summed E-state index contributed by atoms with van der Waals surface area (Å²) in [7, 11) is 0.651. The molecule has 0 rings (SSSR count). The zero-order valence-electron chi connectivity index (χ0n) is 10.6. The van der Waals surface area contributed by atoms with Crippen LogP contribution in [0.5, 0.6) is 0 Å². The number of esters is 1. The maximum absolute atomic E-state index is 11.4. The van der Waals surface area contributed by atoms with Crippen LogP contribution in [0.2, 0.25) is 0 Å². The van der Waals surface area contributed by atoms with E-state index in [9.17, 15) is 4.79 Å². The van der Waals surface area contributed by atoms with Crippen molar-refractivity contribution >= 4 is 14.3 Å². The molecule has 0 saturated heterocycles. The first-order valence-electron chi connectivity index (χ1n) is 5.37. The van der Waals surface area contributed by atoms with Crippen molar-refractivity contribution in [2.45, 2.75) is 39.8 Å². The van der Waals surface area contributed by atoms with Crippen LogP contribution in [0.15, 0.2) is 0 Å². The normalized spacial score (nSPS) is 14.9. The number of carbonyl (C=O) groups is 1. The van der Waals surface area contributed by atoms with Gasteiger partial charge in [-0.1, -0.05) is 0 Å². The zero-order valence-corrected chi connectivity index (χ0v) is 11.5. The Morgan fingerprint density at radius 2 is 2.00 bits per heavy atom. The molecule has 0 fully saturated rings. The van der Waals surface area contributed by atoms with Crippen molar-refractivity contribution in [1.29, 1.82) is 0 Å². The van der Waals surface area contributed by atoms with Crippen molar-refractivity contribution in [1.82, 2.24) is 5.09 Å². The molecule has 2 unspecified atom stereocenters. The van der Waals surface area contributed by atoms with E-state index in [1.54, 1.807) is 21.0 Å². The van der Waals surface area contributed by atoms with Gasteiger partial charge in [-0.3, -0.25) is 9.88 Å². The first kappa shape index (κ1) is 15.8. The van der Waals surface area contributed by atoms with Gasteiger partial charge in [0.1, 0.15) is 20.7 Å². The molecule has 5 nitrogen and oxygen atoms in total. The third-order valence-electron chi connectivity index (χ3n) is 1.56. The fourth-order valence-electron chi connectivity index (χ4n) is 1.01. The number of carbonyl (C=O) groups excluding carboxylic acids is 1.